The lowest BCUT2D eigenvalue weighted by Gasteiger charge is -2.34. The van der Waals surface area contributed by atoms with E-state index < -0.39 is 0 Å². The lowest BCUT2D eigenvalue weighted by molar-refractivity contribution is -0.116. The minimum absolute atomic E-state index is 0.0357. The molecule has 1 fully saturated rings. The van der Waals surface area contributed by atoms with Crippen LogP contribution in [0.25, 0.3) is 0 Å². The Balaban J connectivity index is 1.30. The first kappa shape index (κ1) is 16.0. The molecule has 3 heterocycles. The molecule has 0 radical (unpaired) electrons. The molecule has 124 valence electrons. The van der Waals surface area contributed by atoms with Crippen molar-refractivity contribution in [2.75, 3.05) is 44.6 Å². The number of aromatic nitrogens is 4. The lowest BCUT2D eigenvalue weighted by atomic mass is 10.3. The van der Waals surface area contributed by atoms with Crippen LogP contribution in [0.15, 0.2) is 24.2 Å². The second kappa shape index (κ2) is 8.14. The molecule has 1 N–H and O–H groups in total. The van der Waals surface area contributed by atoms with Gasteiger partial charge in [-0.05, 0) is 0 Å². The number of hydrogen-bond acceptors (Lipinski definition) is 7. The maximum atomic E-state index is 11.9. The molecule has 1 saturated heterocycles. The van der Waals surface area contributed by atoms with Gasteiger partial charge in [-0.1, -0.05) is 0 Å². The number of rotatable bonds is 7. The number of thiazole rings is 1. The standard InChI is InChI=1S/C14H21N7OS/c22-13(18-14-16-2-10-23-14)1-3-19-4-6-20(7-5-19)8-9-21-12-15-11-17-21/h2,10-12H,1,3-9H2,(H,16,18,22). The van der Waals surface area contributed by atoms with Gasteiger partial charge in [-0.25, -0.2) is 9.97 Å². The Morgan fingerprint density at radius 2 is 1.96 bits per heavy atom. The molecule has 2 aromatic rings. The summed E-state index contributed by atoms with van der Waals surface area (Å²) in [5.74, 6) is 0.0357. The third-order valence-electron chi connectivity index (χ3n) is 3.91. The molecule has 9 heteroatoms. The quantitative estimate of drug-likeness (QED) is 0.788. The van der Waals surface area contributed by atoms with Crippen molar-refractivity contribution in [2.45, 2.75) is 13.0 Å². The summed E-state index contributed by atoms with van der Waals surface area (Å²) in [5, 5.41) is 9.47. The topological polar surface area (TPSA) is 79.2 Å². The van der Waals surface area contributed by atoms with E-state index in [1.165, 1.54) is 11.3 Å². The van der Waals surface area contributed by atoms with Crippen molar-refractivity contribution in [2.24, 2.45) is 0 Å². The predicted molar refractivity (Wildman–Crippen MR) is 88.3 cm³/mol. The zero-order valence-electron chi connectivity index (χ0n) is 13.0. The largest absolute Gasteiger partial charge is 0.302 e. The molecule has 1 aliphatic heterocycles. The van der Waals surface area contributed by atoms with Crippen LogP contribution >= 0.6 is 11.3 Å². The first-order valence-electron chi connectivity index (χ1n) is 7.76. The van der Waals surface area contributed by atoms with Crippen molar-refractivity contribution >= 4 is 22.4 Å². The predicted octanol–water partition coefficient (Wildman–Crippen LogP) is 0.381. The van der Waals surface area contributed by atoms with Crippen molar-refractivity contribution in [3.8, 4) is 0 Å². The van der Waals surface area contributed by atoms with Crippen LogP contribution < -0.4 is 5.32 Å². The van der Waals surface area contributed by atoms with E-state index in [0.717, 1.165) is 45.8 Å². The summed E-state index contributed by atoms with van der Waals surface area (Å²) in [6, 6.07) is 0. The summed E-state index contributed by atoms with van der Waals surface area (Å²) < 4.78 is 1.86. The summed E-state index contributed by atoms with van der Waals surface area (Å²) in [5.41, 5.74) is 0. The average Bonchev–Trinajstić information content (AvgIpc) is 3.25. The van der Waals surface area contributed by atoms with Crippen LogP contribution in [0.2, 0.25) is 0 Å². The number of hydrogen-bond donors (Lipinski definition) is 1. The van der Waals surface area contributed by atoms with Gasteiger partial charge < -0.3 is 10.2 Å². The average molecular weight is 335 g/mol. The molecule has 8 nitrogen and oxygen atoms in total. The minimum Gasteiger partial charge on any atom is -0.302 e. The van der Waals surface area contributed by atoms with E-state index in [9.17, 15) is 4.79 Å². The van der Waals surface area contributed by atoms with Gasteiger partial charge in [0, 0.05) is 57.3 Å². The van der Waals surface area contributed by atoms with E-state index in [1.807, 2.05) is 10.1 Å². The Kier molecular flexibility index (Phi) is 5.67. The third-order valence-corrected chi connectivity index (χ3v) is 4.60. The Morgan fingerprint density at radius 1 is 1.17 bits per heavy atom. The van der Waals surface area contributed by atoms with Crippen molar-refractivity contribution in [1.29, 1.82) is 0 Å². The number of nitrogens with zero attached hydrogens (tertiary/aromatic N) is 6. The molecule has 1 aliphatic rings. The Bertz CT molecular complexity index is 578. The Morgan fingerprint density at radius 3 is 2.61 bits per heavy atom. The maximum absolute atomic E-state index is 11.9. The van der Waals surface area contributed by atoms with Crippen molar-refractivity contribution in [1.82, 2.24) is 29.5 Å². The molecular formula is C14H21N7OS. The molecule has 2 aromatic heterocycles. The minimum atomic E-state index is 0.0357. The van der Waals surface area contributed by atoms with Gasteiger partial charge in [0.25, 0.3) is 0 Å². The van der Waals surface area contributed by atoms with E-state index in [4.69, 9.17) is 0 Å². The summed E-state index contributed by atoms with van der Waals surface area (Å²) in [7, 11) is 0. The van der Waals surface area contributed by atoms with Crippen LogP contribution in [0.5, 0.6) is 0 Å². The molecule has 23 heavy (non-hydrogen) atoms. The van der Waals surface area contributed by atoms with Gasteiger partial charge in [0.05, 0.1) is 6.54 Å². The fourth-order valence-corrected chi connectivity index (χ4v) is 3.10. The molecular weight excluding hydrogens is 314 g/mol. The number of carbonyl (C=O) groups excluding carboxylic acids is 1. The van der Waals surface area contributed by atoms with Gasteiger partial charge in [-0.15, -0.1) is 11.3 Å². The Labute approximate surface area is 139 Å². The van der Waals surface area contributed by atoms with Gasteiger partial charge in [-0.3, -0.25) is 14.4 Å². The zero-order chi connectivity index (χ0) is 15.9. The highest BCUT2D eigenvalue weighted by molar-refractivity contribution is 7.13. The third kappa shape index (κ3) is 5.08. The molecule has 0 aromatic carbocycles. The van der Waals surface area contributed by atoms with Crippen LogP contribution in [0.4, 0.5) is 5.13 Å². The van der Waals surface area contributed by atoms with E-state index >= 15 is 0 Å². The van der Waals surface area contributed by atoms with Crippen LogP contribution in [-0.4, -0.2) is 74.7 Å². The summed E-state index contributed by atoms with van der Waals surface area (Å²) in [6.45, 7) is 6.72. The van der Waals surface area contributed by atoms with Crippen LogP contribution in [0.1, 0.15) is 6.42 Å². The van der Waals surface area contributed by atoms with E-state index in [0.29, 0.717) is 11.6 Å². The van der Waals surface area contributed by atoms with E-state index in [1.54, 1.807) is 18.9 Å². The zero-order valence-corrected chi connectivity index (χ0v) is 13.8. The number of amides is 1. The number of piperazine rings is 1. The number of carbonyl (C=O) groups is 1. The van der Waals surface area contributed by atoms with Crippen molar-refractivity contribution < 1.29 is 4.79 Å². The first-order chi connectivity index (χ1) is 11.3. The maximum Gasteiger partial charge on any atom is 0.227 e. The van der Waals surface area contributed by atoms with E-state index in [-0.39, 0.29) is 5.91 Å². The molecule has 0 atom stereocenters. The summed E-state index contributed by atoms with van der Waals surface area (Å²) in [4.78, 5) is 24.6. The van der Waals surface area contributed by atoms with Crippen LogP contribution in [0, 0.1) is 0 Å². The molecule has 0 bridgehead atoms. The fraction of sp³-hybridized carbons (Fsp3) is 0.571. The van der Waals surface area contributed by atoms with Crippen molar-refractivity contribution in [3.63, 3.8) is 0 Å². The van der Waals surface area contributed by atoms with Crippen LogP contribution in [-0.2, 0) is 11.3 Å². The number of nitrogens with one attached hydrogen (secondary N) is 1. The SMILES string of the molecule is O=C(CCN1CCN(CCn2cncn2)CC1)Nc1nccs1. The molecule has 3 rings (SSSR count). The second-order valence-corrected chi connectivity index (χ2v) is 6.37. The molecule has 0 unspecified atom stereocenters. The number of anilines is 1. The molecule has 1 amide bonds. The van der Waals surface area contributed by atoms with Crippen LogP contribution in [0.3, 0.4) is 0 Å². The monoisotopic (exact) mass is 335 g/mol. The molecule has 0 aliphatic carbocycles. The normalized spacial score (nSPS) is 16.5. The van der Waals surface area contributed by atoms with Gasteiger partial charge in [-0.2, -0.15) is 5.10 Å². The smallest absolute Gasteiger partial charge is 0.227 e. The fourth-order valence-electron chi connectivity index (χ4n) is 2.56. The van der Waals surface area contributed by atoms with Gasteiger partial charge >= 0.3 is 0 Å². The molecule has 0 spiro atoms. The van der Waals surface area contributed by atoms with E-state index in [2.05, 4.69) is 30.2 Å². The lowest BCUT2D eigenvalue weighted by Crippen LogP contribution is -2.47. The van der Waals surface area contributed by atoms with Gasteiger partial charge in [0.1, 0.15) is 12.7 Å². The van der Waals surface area contributed by atoms with Gasteiger partial charge in [0.2, 0.25) is 5.91 Å². The second-order valence-electron chi connectivity index (χ2n) is 5.48. The highest BCUT2D eigenvalue weighted by Crippen LogP contribution is 2.10. The Hall–Kier alpha value is -1.84. The first-order valence-corrected chi connectivity index (χ1v) is 8.64. The highest BCUT2D eigenvalue weighted by atomic mass is 32.1. The summed E-state index contributed by atoms with van der Waals surface area (Å²) in [6.07, 6.45) is 5.52. The van der Waals surface area contributed by atoms with Gasteiger partial charge in [0.15, 0.2) is 5.13 Å². The summed E-state index contributed by atoms with van der Waals surface area (Å²) >= 11 is 1.44. The highest BCUT2D eigenvalue weighted by Gasteiger charge is 2.17. The molecule has 0 saturated carbocycles. The van der Waals surface area contributed by atoms with Crippen molar-refractivity contribution in [3.05, 3.63) is 24.2 Å².